The zero-order valence-electron chi connectivity index (χ0n) is 11.6. The van der Waals surface area contributed by atoms with Crippen molar-refractivity contribution in [2.24, 2.45) is 0 Å². The van der Waals surface area contributed by atoms with E-state index in [1.54, 1.807) is 12.4 Å². The number of hydrogen-bond donors (Lipinski definition) is 1. The summed E-state index contributed by atoms with van der Waals surface area (Å²) < 4.78 is 48.9. The lowest BCUT2D eigenvalue weighted by Crippen LogP contribution is -2.59. The minimum Gasteiger partial charge on any atom is -0.348 e. The van der Waals surface area contributed by atoms with Gasteiger partial charge in [-0.05, 0) is 0 Å². The fourth-order valence-electron chi connectivity index (χ4n) is 3.18. The minimum absolute atomic E-state index is 0.00436. The van der Waals surface area contributed by atoms with Crippen LogP contribution in [0.4, 0.5) is 0 Å². The minimum atomic E-state index is -3.40. The Bertz CT molecular complexity index is 713. The molecule has 3 heterocycles. The molecule has 0 bridgehead atoms. The van der Waals surface area contributed by atoms with Gasteiger partial charge in [-0.3, -0.25) is 4.90 Å². The summed E-state index contributed by atoms with van der Waals surface area (Å²) in [5.41, 5.74) is 0. The molecule has 2 aliphatic heterocycles. The first kappa shape index (κ1) is 14.9. The van der Waals surface area contributed by atoms with Gasteiger partial charge in [0.05, 0.1) is 30.3 Å². The Morgan fingerprint density at radius 3 is 2.67 bits per heavy atom. The highest BCUT2D eigenvalue weighted by molar-refractivity contribution is 7.92. The highest BCUT2D eigenvalue weighted by Crippen LogP contribution is 2.29. The van der Waals surface area contributed by atoms with E-state index in [0.717, 1.165) is 12.1 Å². The van der Waals surface area contributed by atoms with Crippen LogP contribution < -0.4 is 0 Å². The fourth-order valence-corrected chi connectivity index (χ4v) is 6.40. The van der Waals surface area contributed by atoms with E-state index in [0.29, 0.717) is 19.6 Å². The maximum absolute atomic E-state index is 11.9. The van der Waals surface area contributed by atoms with Gasteiger partial charge in [-0.1, -0.05) is 0 Å². The van der Waals surface area contributed by atoms with E-state index in [9.17, 15) is 16.8 Å². The normalized spacial score (nSPS) is 30.3. The first-order chi connectivity index (χ1) is 9.76. The highest BCUT2D eigenvalue weighted by Gasteiger charge is 2.49. The number of nitrogens with one attached hydrogen (secondary N) is 1. The molecule has 2 fully saturated rings. The van der Waals surface area contributed by atoms with Crippen molar-refractivity contribution < 1.29 is 16.8 Å². The van der Waals surface area contributed by atoms with Gasteiger partial charge in [0.1, 0.15) is 5.82 Å². The van der Waals surface area contributed by atoms with Gasteiger partial charge in [-0.2, -0.15) is 4.31 Å². The van der Waals surface area contributed by atoms with Gasteiger partial charge in [0.25, 0.3) is 0 Å². The second kappa shape index (κ2) is 5.04. The Kier molecular flexibility index (Phi) is 3.59. The first-order valence-corrected chi connectivity index (χ1v) is 10.3. The number of aromatic amines is 1. The summed E-state index contributed by atoms with van der Waals surface area (Å²) >= 11 is 0. The van der Waals surface area contributed by atoms with E-state index in [2.05, 4.69) is 9.97 Å². The van der Waals surface area contributed by atoms with Gasteiger partial charge in [0.2, 0.25) is 10.0 Å². The molecule has 0 spiro atoms. The molecule has 0 amide bonds. The summed E-state index contributed by atoms with van der Waals surface area (Å²) in [6.45, 7) is 1.32. The van der Waals surface area contributed by atoms with Crippen LogP contribution in [-0.4, -0.2) is 78.9 Å². The van der Waals surface area contributed by atoms with E-state index >= 15 is 0 Å². The molecule has 1 N–H and O–H groups in total. The second-order valence-corrected chi connectivity index (χ2v) is 9.68. The van der Waals surface area contributed by atoms with Crippen LogP contribution in [0.15, 0.2) is 12.4 Å². The van der Waals surface area contributed by atoms with Crippen molar-refractivity contribution in [3.8, 4) is 0 Å². The highest BCUT2D eigenvalue weighted by atomic mass is 32.2. The quantitative estimate of drug-likeness (QED) is 0.733. The van der Waals surface area contributed by atoms with Crippen LogP contribution in [-0.2, 0) is 26.4 Å². The van der Waals surface area contributed by atoms with Crippen LogP contribution in [0.25, 0.3) is 0 Å². The van der Waals surface area contributed by atoms with E-state index in [1.165, 1.54) is 4.31 Å². The van der Waals surface area contributed by atoms with Crippen LogP contribution in [0.5, 0.6) is 0 Å². The van der Waals surface area contributed by atoms with Crippen LogP contribution in [0.1, 0.15) is 5.82 Å². The van der Waals surface area contributed by atoms with Crippen molar-refractivity contribution in [2.75, 3.05) is 30.9 Å². The van der Waals surface area contributed by atoms with E-state index in [4.69, 9.17) is 0 Å². The van der Waals surface area contributed by atoms with E-state index < -0.39 is 25.9 Å². The van der Waals surface area contributed by atoms with Gasteiger partial charge in [0, 0.05) is 31.5 Å². The van der Waals surface area contributed by atoms with Crippen molar-refractivity contribution in [2.45, 2.75) is 18.6 Å². The third kappa shape index (κ3) is 2.98. The number of nitrogens with zero attached hydrogens (tertiary/aromatic N) is 3. The molecule has 1 aromatic rings. The molecule has 118 valence electrons. The lowest BCUT2D eigenvalue weighted by molar-refractivity contribution is 0.0874. The Labute approximate surface area is 124 Å². The van der Waals surface area contributed by atoms with Crippen molar-refractivity contribution in [3.63, 3.8) is 0 Å². The second-order valence-electron chi connectivity index (χ2n) is 5.59. The molecule has 0 saturated carbocycles. The number of imidazole rings is 1. The molecule has 21 heavy (non-hydrogen) atoms. The smallest absolute Gasteiger partial charge is 0.211 e. The predicted molar refractivity (Wildman–Crippen MR) is 76.8 cm³/mol. The molecule has 2 aliphatic rings. The van der Waals surface area contributed by atoms with E-state index in [-0.39, 0.29) is 17.5 Å². The zero-order chi connectivity index (χ0) is 15.3. The maximum Gasteiger partial charge on any atom is 0.211 e. The average molecular weight is 334 g/mol. The van der Waals surface area contributed by atoms with Crippen molar-refractivity contribution in [1.82, 2.24) is 19.2 Å². The van der Waals surface area contributed by atoms with E-state index in [1.807, 2.05) is 4.90 Å². The molecule has 1 aromatic heterocycles. The summed E-state index contributed by atoms with van der Waals surface area (Å²) in [6.07, 6.45) is 4.49. The zero-order valence-corrected chi connectivity index (χ0v) is 13.3. The largest absolute Gasteiger partial charge is 0.348 e. The molecule has 8 nitrogen and oxygen atoms in total. The van der Waals surface area contributed by atoms with Gasteiger partial charge < -0.3 is 4.98 Å². The number of aromatic nitrogens is 2. The van der Waals surface area contributed by atoms with Gasteiger partial charge in [-0.25, -0.2) is 21.8 Å². The molecule has 2 atom stereocenters. The van der Waals surface area contributed by atoms with Crippen LogP contribution >= 0.6 is 0 Å². The predicted octanol–water partition coefficient (Wildman–Crippen LogP) is -1.35. The van der Waals surface area contributed by atoms with Crippen LogP contribution in [0, 0.1) is 0 Å². The number of sulfone groups is 1. The lowest BCUT2D eigenvalue weighted by Gasteiger charge is -2.42. The molecule has 0 unspecified atom stereocenters. The molecule has 0 aliphatic carbocycles. The molecule has 0 radical (unpaired) electrons. The first-order valence-electron chi connectivity index (χ1n) is 6.66. The lowest BCUT2D eigenvalue weighted by atomic mass is 10.1. The topological polar surface area (TPSA) is 103 Å². The third-order valence-electron chi connectivity index (χ3n) is 4.07. The molecular formula is C11H18N4O4S2. The summed E-state index contributed by atoms with van der Waals surface area (Å²) in [5.74, 6) is 0.662. The van der Waals surface area contributed by atoms with Crippen molar-refractivity contribution >= 4 is 19.9 Å². The van der Waals surface area contributed by atoms with Gasteiger partial charge in [-0.15, -0.1) is 0 Å². The number of H-pyrrole nitrogens is 1. The number of hydrogen-bond acceptors (Lipinski definition) is 6. The summed E-state index contributed by atoms with van der Waals surface area (Å²) in [6, 6.07) is -0.794. The van der Waals surface area contributed by atoms with Gasteiger partial charge in [0.15, 0.2) is 9.84 Å². The summed E-state index contributed by atoms with van der Waals surface area (Å²) in [4.78, 5) is 9.15. The molecule has 2 saturated heterocycles. The molecule has 0 aromatic carbocycles. The van der Waals surface area contributed by atoms with Crippen molar-refractivity contribution in [1.29, 1.82) is 0 Å². The SMILES string of the molecule is CS(=O)(=O)N1CCN(Cc2ncc[nH]2)[C@H]2CS(=O)(=O)C[C@H]21. The number of sulfonamides is 1. The summed E-state index contributed by atoms with van der Waals surface area (Å²) in [5, 5.41) is 0. The monoisotopic (exact) mass is 334 g/mol. The Balaban J connectivity index is 1.87. The van der Waals surface area contributed by atoms with Gasteiger partial charge >= 0.3 is 0 Å². The molecular weight excluding hydrogens is 316 g/mol. The number of rotatable bonds is 3. The van der Waals surface area contributed by atoms with Crippen LogP contribution in [0.3, 0.4) is 0 Å². The summed E-state index contributed by atoms with van der Waals surface area (Å²) in [7, 11) is -6.61. The molecule has 3 rings (SSSR count). The van der Waals surface area contributed by atoms with Crippen molar-refractivity contribution in [3.05, 3.63) is 18.2 Å². The fraction of sp³-hybridized carbons (Fsp3) is 0.727. The number of piperazine rings is 1. The standard InChI is InChI=1S/C11H18N4O4S2/c1-20(16,17)15-5-4-14(6-11-12-2-3-13-11)9-7-21(18,19)8-10(9)15/h2-3,9-10H,4-8H2,1H3,(H,12,13)/t9-,10+/m0/s1. The van der Waals surface area contributed by atoms with Crippen LogP contribution in [0.2, 0.25) is 0 Å². The Hall–Kier alpha value is -0.970. The average Bonchev–Trinajstić information content (AvgIpc) is 2.93. The maximum atomic E-state index is 11.9. The number of fused-ring (bicyclic) bond motifs is 1. The molecule has 10 heteroatoms. The Morgan fingerprint density at radius 2 is 2.05 bits per heavy atom. The Morgan fingerprint density at radius 1 is 1.33 bits per heavy atom. The third-order valence-corrected chi connectivity index (χ3v) is 7.08.